The molecule has 0 amide bonds. The van der Waals surface area contributed by atoms with Gasteiger partial charge in [0.15, 0.2) is 0 Å². The number of rotatable bonds is 2. The number of aromatic nitrogens is 2. The van der Waals surface area contributed by atoms with Crippen LogP contribution < -0.4 is 0 Å². The average molecular weight is 292 g/mol. The Morgan fingerprint density at radius 2 is 1.09 bits per heavy atom. The monoisotopic (exact) mass is 292 g/mol. The molecule has 0 spiro atoms. The highest BCUT2D eigenvalue weighted by molar-refractivity contribution is 5.65. The van der Waals surface area contributed by atoms with Crippen LogP contribution in [0.1, 0.15) is 11.1 Å². The average Bonchev–Trinajstić information content (AvgIpc) is 2.53. The Hall–Kier alpha value is -2.88. The summed E-state index contributed by atoms with van der Waals surface area (Å²) in [7, 11) is 0. The molecule has 22 heavy (non-hydrogen) atoms. The van der Waals surface area contributed by atoms with Crippen LogP contribution in [0.2, 0.25) is 0 Å². The van der Waals surface area contributed by atoms with E-state index in [-0.39, 0.29) is 11.5 Å². The normalized spacial score (nSPS) is 10.6. The summed E-state index contributed by atoms with van der Waals surface area (Å²) in [6.45, 7) is 3.69. The van der Waals surface area contributed by atoms with E-state index in [1.54, 1.807) is 24.5 Å². The van der Waals surface area contributed by atoms with Crippen LogP contribution in [0.25, 0.3) is 22.5 Å². The van der Waals surface area contributed by atoms with Crippen molar-refractivity contribution in [1.82, 2.24) is 9.97 Å². The highest BCUT2D eigenvalue weighted by atomic mass is 16.3. The maximum Gasteiger partial charge on any atom is 0.118 e. The van der Waals surface area contributed by atoms with Gasteiger partial charge in [-0.2, -0.15) is 0 Å². The molecule has 0 aliphatic heterocycles. The zero-order chi connectivity index (χ0) is 15.7. The first-order chi connectivity index (χ1) is 10.5. The number of phenolic OH excluding ortho intramolecular Hbond substituents is 2. The van der Waals surface area contributed by atoms with Crippen LogP contribution in [0.3, 0.4) is 0 Å². The first-order valence-corrected chi connectivity index (χ1v) is 6.96. The van der Waals surface area contributed by atoms with E-state index in [4.69, 9.17) is 0 Å². The minimum Gasteiger partial charge on any atom is -0.508 e. The zero-order valence-electron chi connectivity index (χ0n) is 12.4. The number of nitrogens with zero attached hydrogens (tertiary/aromatic N) is 2. The molecule has 0 atom stereocenters. The van der Waals surface area contributed by atoms with Crippen molar-refractivity contribution in [2.75, 3.05) is 0 Å². The Balaban J connectivity index is 1.95. The van der Waals surface area contributed by atoms with Crippen molar-refractivity contribution in [3.8, 4) is 34.0 Å². The molecule has 0 aliphatic rings. The summed E-state index contributed by atoms with van der Waals surface area (Å²) in [6, 6.07) is 10.7. The Bertz CT molecular complexity index is 756. The number of phenols is 2. The van der Waals surface area contributed by atoms with Crippen molar-refractivity contribution in [2.24, 2.45) is 0 Å². The number of hydrogen-bond acceptors (Lipinski definition) is 4. The van der Waals surface area contributed by atoms with Gasteiger partial charge in [0.2, 0.25) is 0 Å². The predicted molar refractivity (Wildman–Crippen MR) is 85.7 cm³/mol. The van der Waals surface area contributed by atoms with Gasteiger partial charge in [0, 0.05) is 11.1 Å². The van der Waals surface area contributed by atoms with Crippen molar-refractivity contribution >= 4 is 0 Å². The molecule has 110 valence electrons. The van der Waals surface area contributed by atoms with Gasteiger partial charge in [0.05, 0.1) is 23.8 Å². The van der Waals surface area contributed by atoms with Crippen LogP contribution in [0.5, 0.6) is 11.5 Å². The zero-order valence-corrected chi connectivity index (χ0v) is 12.4. The van der Waals surface area contributed by atoms with Gasteiger partial charge >= 0.3 is 0 Å². The van der Waals surface area contributed by atoms with Crippen LogP contribution in [0.15, 0.2) is 48.8 Å². The van der Waals surface area contributed by atoms with E-state index < -0.39 is 0 Å². The quantitative estimate of drug-likeness (QED) is 0.753. The molecule has 0 bridgehead atoms. The molecule has 2 N–H and O–H groups in total. The van der Waals surface area contributed by atoms with E-state index in [2.05, 4.69) is 9.97 Å². The standard InChI is InChI=1S/C18H16N2O2/c1-11-7-13(3-5-17(11)21)15-9-20-16(10-19-15)14-4-6-18(22)12(2)8-14/h3-10,21-22H,1-2H3. The van der Waals surface area contributed by atoms with Gasteiger partial charge in [-0.05, 0) is 61.4 Å². The predicted octanol–water partition coefficient (Wildman–Crippen LogP) is 3.84. The van der Waals surface area contributed by atoms with Crippen molar-refractivity contribution in [2.45, 2.75) is 13.8 Å². The van der Waals surface area contributed by atoms with E-state index in [1.165, 1.54) is 0 Å². The fourth-order valence-electron chi connectivity index (χ4n) is 2.26. The molecule has 0 unspecified atom stereocenters. The Kier molecular flexibility index (Phi) is 3.51. The molecule has 0 radical (unpaired) electrons. The molecular weight excluding hydrogens is 276 g/mol. The van der Waals surface area contributed by atoms with Crippen LogP contribution >= 0.6 is 0 Å². The summed E-state index contributed by atoms with van der Waals surface area (Å²) < 4.78 is 0. The SMILES string of the molecule is Cc1cc(-c2cnc(-c3ccc(O)c(C)c3)cn2)ccc1O. The second-order valence-corrected chi connectivity index (χ2v) is 5.29. The summed E-state index contributed by atoms with van der Waals surface area (Å²) in [4.78, 5) is 8.88. The molecule has 4 nitrogen and oxygen atoms in total. The van der Waals surface area contributed by atoms with Crippen molar-refractivity contribution < 1.29 is 10.2 Å². The molecule has 1 heterocycles. The van der Waals surface area contributed by atoms with Gasteiger partial charge < -0.3 is 10.2 Å². The van der Waals surface area contributed by atoms with Gasteiger partial charge in [-0.1, -0.05) is 0 Å². The molecule has 1 aromatic heterocycles. The number of benzene rings is 2. The highest BCUT2D eigenvalue weighted by Gasteiger charge is 2.06. The lowest BCUT2D eigenvalue weighted by atomic mass is 10.1. The molecule has 2 aromatic carbocycles. The maximum absolute atomic E-state index is 9.58. The van der Waals surface area contributed by atoms with E-state index in [9.17, 15) is 10.2 Å². The lowest BCUT2D eigenvalue weighted by molar-refractivity contribution is 0.470. The highest BCUT2D eigenvalue weighted by Crippen LogP contribution is 2.26. The first-order valence-electron chi connectivity index (χ1n) is 6.96. The smallest absolute Gasteiger partial charge is 0.118 e. The van der Waals surface area contributed by atoms with Crippen LogP contribution in [-0.2, 0) is 0 Å². The molecule has 0 aliphatic carbocycles. The molecule has 0 fully saturated rings. The van der Waals surface area contributed by atoms with E-state index in [1.807, 2.05) is 38.1 Å². The summed E-state index contributed by atoms with van der Waals surface area (Å²) >= 11 is 0. The minimum absolute atomic E-state index is 0.271. The van der Waals surface area contributed by atoms with Crippen molar-refractivity contribution in [3.05, 3.63) is 59.9 Å². The molecule has 0 saturated heterocycles. The molecule has 0 saturated carbocycles. The van der Waals surface area contributed by atoms with Gasteiger partial charge in [0.1, 0.15) is 11.5 Å². The second kappa shape index (κ2) is 5.48. The Morgan fingerprint density at radius 1 is 0.682 bits per heavy atom. The Labute approximate surface area is 128 Å². The molecule has 3 aromatic rings. The largest absolute Gasteiger partial charge is 0.508 e. The number of aromatic hydroxyl groups is 2. The third-order valence-corrected chi connectivity index (χ3v) is 3.64. The molecule has 4 heteroatoms. The summed E-state index contributed by atoms with van der Waals surface area (Å²) in [5.74, 6) is 0.542. The first kappa shape index (κ1) is 14.1. The van der Waals surface area contributed by atoms with Gasteiger partial charge in [-0.3, -0.25) is 9.97 Å². The van der Waals surface area contributed by atoms with Crippen molar-refractivity contribution in [1.29, 1.82) is 0 Å². The maximum atomic E-state index is 9.58. The molecular formula is C18H16N2O2. The number of aryl methyl sites for hydroxylation is 2. The number of hydrogen-bond donors (Lipinski definition) is 2. The van der Waals surface area contributed by atoms with Crippen LogP contribution in [0.4, 0.5) is 0 Å². The minimum atomic E-state index is 0.271. The topological polar surface area (TPSA) is 66.2 Å². The fourth-order valence-corrected chi connectivity index (χ4v) is 2.26. The van der Waals surface area contributed by atoms with Gasteiger partial charge in [-0.25, -0.2) is 0 Å². The summed E-state index contributed by atoms with van der Waals surface area (Å²) in [5.41, 5.74) is 4.94. The lowest BCUT2D eigenvalue weighted by Crippen LogP contribution is -1.90. The van der Waals surface area contributed by atoms with Gasteiger partial charge in [0.25, 0.3) is 0 Å². The summed E-state index contributed by atoms with van der Waals surface area (Å²) in [6.07, 6.45) is 3.42. The fraction of sp³-hybridized carbons (Fsp3) is 0.111. The Morgan fingerprint density at radius 3 is 1.41 bits per heavy atom. The molecule has 3 rings (SSSR count). The van der Waals surface area contributed by atoms with Crippen LogP contribution in [-0.4, -0.2) is 20.2 Å². The van der Waals surface area contributed by atoms with E-state index >= 15 is 0 Å². The lowest BCUT2D eigenvalue weighted by Gasteiger charge is -2.06. The van der Waals surface area contributed by atoms with E-state index in [0.29, 0.717) is 0 Å². The third kappa shape index (κ3) is 2.63. The second-order valence-electron chi connectivity index (χ2n) is 5.29. The summed E-state index contributed by atoms with van der Waals surface area (Å²) in [5, 5.41) is 19.2. The van der Waals surface area contributed by atoms with Gasteiger partial charge in [-0.15, -0.1) is 0 Å². The van der Waals surface area contributed by atoms with Crippen LogP contribution in [0, 0.1) is 13.8 Å². The van der Waals surface area contributed by atoms with Crippen molar-refractivity contribution in [3.63, 3.8) is 0 Å². The van der Waals surface area contributed by atoms with E-state index in [0.717, 1.165) is 33.6 Å². The third-order valence-electron chi connectivity index (χ3n) is 3.64.